The Hall–Kier alpha value is -1.42. The molecule has 1 saturated carbocycles. The third kappa shape index (κ3) is 1.90. The lowest BCUT2D eigenvalue weighted by Gasteiger charge is -2.07. The fourth-order valence-electron chi connectivity index (χ4n) is 2.38. The molecule has 0 radical (unpaired) electrons. The van der Waals surface area contributed by atoms with Gasteiger partial charge in [-0.3, -0.25) is 9.36 Å². The summed E-state index contributed by atoms with van der Waals surface area (Å²) in [6, 6.07) is 6.36. The number of fused-ring (bicyclic) bond motifs is 1. The molecule has 94 valence electrons. The van der Waals surface area contributed by atoms with E-state index in [1.165, 1.54) is 5.56 Å². The third-order valence-electron chi connectivity index (χ3n) is 3.44. The van der Waals surface area contributed by atoms with Gasteiger partial charge in [0.25, 0.3) is 5.56 Å². The lowest BCUT2D eigenvalue weighted by atomic mass is 10.1. The van der Waals surface area contributed by atoms with E-state index in [0.29, 0.717) is 10.8 Å². The Morgan fingerprint density at radius 1 is 1.44 bits per heavy atom. The van der Waals surface area contributed by atoms with Gasteiger partial charge in [-0.15, -0.1) is 0 Å². The molecule has 1 aromatic carbocycles. The van der Waals surface area contributed by atoms with E-state index in [-0.39, 0.29) is 5.56 Å². The summed E-state index contributed by atoms with van der Waals surface area (Å²) in [5.74, 6) is 0. The first-order valence-electron chi connectivity index (χ1n) is 6.48. The number of aromatic nitrogens is 2. The molecule has 0 amide bonds. The van der Waals surface area contributed by atoms with Crippen molar-refractivity contribution in [3.8, 4) is 0 Å². The highest BCUT2D eigenvalue weighted by Gasteiger charge is 2.26. The van der Waals surface area contributed by atoms with Crippen molar-refractivity contribution in [3.63, 3.8) is 0 Å². The molecular weight excluding hydrogens is 244 g/mol. The molecule has 0 spiro atoms. The SMILES string of the molecule is CCCc1ccc2[nH]c(=S)n(C3CC3)c(=O)c2c1. The predicted octanol–water partition coefficient (Wildman–Crippen LogP) is 3.35. The van der Waals surface area contributed by atoms with Gasteiger partial charge in [-0.05, 0) is 49.2 Å². The molecule has 0 aliphatic heterocycles. The van der Waals surface area contributed by atoms with Gasteiger partial charge in [-0.2, -0.15) is 0 Å². The first kappa shape index (κ1) is 11.7. The average Bonchev–Trinajstić information content (AvgIpc) is 3.15. The van der Waals surface area contributed by atoms with Gasteiger partial charge in [0.05, 0.1) is 10.9 Å². The van der Waals surface area contributed by atoms with Crippen LogP contribution in [0.4, 0.5) is 0 Å². The summed E-state index contributed by atoms with van der Waals surface area (Å²) in [4.78, 5) is 15.6. The van der Waals surface area contributed by atoms with Crippen LogP contribution in [0.2, 0.25) is 0 Å². The second kappa shape index (κ2) is 4.35. The van der Waals surface area contributed by atoms with Crippen LogP contribution in [0.15, 0.2) is 23.0 Å². The summed E-state index contributed by atoms with van der Waals surface area (Å²) in [6.07, 6.45) is 4.23. The second-order valence-electron chi connectivity index (χ2n) is 4.97. The Balaban J connectivity index is 2.27. The van der Waals surface area contributed by atoms with Crippen LogP contribution >= 0.6 is 12.2 Å². The van der Waals surface area contributed by atoms with Crippen molar-refractivity contribution in [1.82, 2.24) is 9.55 Å². The zero-order chi connectivity index (χ0) is 12.7. The maximum atomic E-state index is 12.5. The molecule has 1 heterocycles. The number of hydrogen-bond acceptors (Lipinski definition) is 2. The van der Waals surface area contributed by atoms with Crippen LogP contribution < -0.4 is 5.56 Å². The van der Waals surface area contributed by atoms with Gasteiger partial charge >= 0.3 is 0 Å². The van der Waals surface area contributed by atoms with Crippen molar-refractivity contribution in [2.24, 2.45) is 0 Å². The van der Waals surface area contributed by atoms with Crippen molar-refractivity contribution >= 4 is 23.1 Å². The van der Waals surface area contributed by atoms with Crippen molar-refractivity contribution in [3.05, 3.63) is 38.9 Å². The van der Waals surface area contributed by atoms with Crippen molar-refractivity contribution < 1.29 is 0 Å². The van der Waals surface area contributed by atoms with Gasteiger partial charge < -0.3 is 4.98 Å². The zero-order valence-electron chi connectivity index (χ0n) is 10.4. The molecule has 2 aromatic rings. The number of nitrogens with zero attached hydrogens (tertiary/aromatic N) is 1. The third-order valence-corrected chi connectivity index (χ3v) is 3.74. The van der Waals surface area contributed by atoms with Crippen LogP contribution in [0.5, 0.6) is 0 Å². The molecular formula is C14H16N2OS. The molecule has 1 aliphatic carbocycles. The molecule has 3 rings (SSSR count). The van der Waals surface area contributed by atoms with E-state index in [2.05, 4.69) is 18.0 Å². The number of benzene rings is 1. The van der Waals surface area contributed by atoms with Gasteiger partial charge in [0.2, 0.25) is 0 Å². The highest BCUT2D eigenvalue weighted by Crippen LogP contribution is 2.33. The summed E-state index contributed by atoms with van der Waals surface area (Å²) < 4.78 is 2.30. The monoisotopic (exact) mass is 260 g/mol. The number of nitrogens with one attached hydrogen (secondary N) is 1. The van der Waals surface area contributed by atoms with Crippen LogP contribution in [-0.4, -0.2) is 9.55 Å². The summed E-state index contributed by atoms with van der Waals surface area (Å²) in [5, 5.41) is 0.765. The number of hydrogen-bond donors (Lipinski definition) is 1. The minimum absolute atomic E-state index is 0.0641. The molecule has 1 aromatic heterocycles. The van der Waals surface area contributed by atoms with E-state index in [9.17, 15) is 4.79 Å². The number of H-pyrrole nitrogens is 1. The smallest absolute Gasteiger partial charge is 0.262 e. The molecule has 0 bridgehead atoms. The highest BCUT2D eigenvalue weighted by atomic mass is 32.1. The Kier molecular flexibility index (Phi) is 2.82. The summed E-state index contributed by atoms with van der Waals surface area (Å²) in [5.41, 5.74) is 2.13. The summed E-state index contributed by atoms with van der Waals surface area (Å²) in [6.45, 7) is 2.14. The van der Waals surface area contributed by atoms with E-state index >= 15 is 0 Å². The number of rotatable bonds is 3. The van der Waals surface area contributed by atoms with Gasteiger partial charge in [0.1, 0.15) is 0 Å². The first-order chi connectivity index (χ1) is 8.70. The molecule has 0 atom stereocenters. The van der Waals surface area contributed by atoms with Crippen molar-refractivity contribution in [1.29, 1.82) is 0 Å². The maximum Gasteiger partial charge on any atom is 0.262 e. The second-order valence-corrected chi connectivity index (χ2v) is 5.35. The van der Waals surface area contributed by atoms with Gasteiger partial charge in [-0.25, -0.2) is 0 Å². The minimum Gasteiger partial charge on any atom is -0.332 e. The average molecular weight is 260 g/mol. The van der Waals surface area contributed by atoms with Crippen LogP contribution in [0.25, 0.3) is 10.9 Å². The van der Waals surface area contributed by atoms with Crippen LogP contribution in [0, 0.1) is 4.77 Å². The topological polar surface area (TPSA) is 37.8 Å². The van der Waals surface area contributed by atoms with Crippen LogP contribution in [-0.2, 0) is 6.42 Å². The predicted molar refractivity (Wildman–Crippen MR) is 75.7 cm³/mol. The molecule has 1 N–H and O–H groups in total. The fourth-order valence-corrected chi connectivity index (χ4v) is 2.73. The number of aryl methyl sites for hydroxylation is 1. The van der Waals surface area contributed by atoms with Crippen molar-refractivity contribution in [2.45, 2.75) is 38.6 Å². The molecule has 3 nitrogen and oxygen atoms in total. The van der Waals surface area contributed by atoms with Gasteiger partial charge in [-0.1, -0.05) is 19.4 Å². The van der Waals surface area contributed by atoms with E-state index in [4.69, 9.17) is 12.2 Å². The zero-order valence-corrected chi connectivity index (χ0v) is 11.2. The molecule has 0 saturated heterocycles. The van der Waals surface area contributed by atoms with Gasteiger partial charge in [0, 0.05) is 6.04 Å². The quantitative estimate of drug-likeness (QED) is 0.859. The van der Waals surface area contributed by atoms with E-state index in [1.54, 1.807) is 4.57 Å². The fraction of sp³-hybridized carbons (Fsp3) is 0.429. The molecule has 4 heteroatoms. The first-order valence-corrected chi connectivity index (χ1v) is 6.89. The lowest BCUT2D eigenvalue weighted by Crippen LogP contribution is -2.21. The van der Waals surface area contributed by atoms with Crippen LogP contribution in [0.3, 0.4) is 0 Å². The molecule has 1 aliphatic rings. The largest absolute Gasteiger partial charge is 0.332 e. The Labute approximate surface area is 110 Å². The van der Waals surface area contributed by atoms with E-state index < -0.39 is 0 Å². The Morgan fingerprint density at radius 3 is 2.89 bits per heavy atom. The Morgan fingerprint density at radius 2 is 2.22 bits per heavy atom. The van der Waals surface area contributed by atoms with Crippen LogP contribution in [0.1, 0.15) is 37.8 Å². The standard InChI is InChI=1S/C14H16N2OS/c1-2-3-9-4-7-12-11(8-9)13(17)16(10-5-6-10)14(18)15-12/h4,7-8,10H,2-3,5-6H2,1H3,(H,15,18). The van der Waals surface area contributed by atoms with Crippen molar-refractivity contribution in [2.75, 3.05) is 0 Å². The number of aromatic amines is 1. The van der Waals surface area contributed by atoms with E-state index in [0.717, 1.165) is 36.6 Å². The summed E-state index contributed by atoms with van der Waals surface area (Å²) in [7, 11) is 0. The summed E-state index contributed by atoms with van der Waals surface area (Å²) >= 11 is 5.27. The lowest BCUT2D eigenvalue weighted by molar-refractivity contribution is 0.685. The molecule has 18 heavy (non-hydrogen) atoms. The molecule has 1 fully saturated rings. The van der Waals surface area contributed by atoms with Gasteiger partial charge in [0.15, 0.2) is 4.77 Å². The minimum atomic E-state index is 0.0641. The maximum absolute atomic E-state index is 12.5. The normalized spacial score (nSPS) is 15.2. The molecule has 0 unspecified atom stereocenters. The Bertz CT molecular complexity index is 710. The van der Waals surface area contributed by atoms with E-state index in [1.807, 2.05) is 12.1 Å². The highest BCUT2D eigenvalue weighted by molar-refractivity contribution is 7.71.